The third kappa shape index (κ3) is 7.58. The van der Waals surface area contributed by atoms with E-state index in [2.05, 4.69) is 4.74 Å². The maximum absolute atomic E-state index is 13.5. The van der Waals surface area contributed by atoms with Crippen molar-refractivity contribution in [3.63, 3.8) is 0 Å². The van der Waals surface area contributed by atoms with E-state index in [-0.39, 0.29) is 23.1 Å². The molecule has 0 fully saturated rings. The number of alkyl halides is 3. The summed E-state index contributed by atoms with van der Waals surface area (Å²) in [5, 5.41) is 5.20. The quantitative estimate of drug-likeness (QED) is 0.308. The van der Waals surface area contributed by atoms with E-state index < -0.39 is 35.7 Å². The predicted octanol–water partition coefficient (Wildman–Crippen LogP) is 4.84. The van der Waals surface area contributed by atoms with Gasteiger partial charge in [0.05, 0.1) is 24.8 Å². The van der Waals surface area contributed by atoms with E-state index in [0.717, 1.165) is 0 Å². The molecule has 1 N–H and O–H groups in total. The summed E-state index contributed by atoms with van der Waals surface area (Å²) >= 11 is 0. The van der Waals surface area contributed by atoms with Gasteiger partial charge in [-0.15, -0.1) is 0 Å². The molecule has 0 saturated carbocycles. The van der Waals surface area contributed by atoms with Crippen LogP contribution in [0.2, 0.25) is 0 Å². The van der Waals surface area contributed by atoms with Gasteiger partial charge >= 0.3 is 17.5 Å². The Morgan fingerprint density at radius 3 is 1.50 bits per heavy atom. The number of rotatable bonds is 3. The first-order valence-electron chi connectivity index (χ1n) is 7.60. The van der Waals surface area contributed by atoms with Crippen molar-refractivity contribution in [3.05, 3.63) is 6.42 Å². The zero-order valence-corrected chi connectivity index (χ0v) is 18.0. The fourth-order valence-corrected chi connectivity index (χ4v) is 7.79. The van der Waals surface area contributed by atoms with Crippen molar-refractivity contribution in [2.45, 2.75) is 84.1 Å². The molecule has 0 rings (SSSR count). The molecule has 0 bridgehead atoms. The van der Waals surface area contributed by atoms with E-state index in [0.29, 0.717) is 0 Å². The van der Waals surface area contributed by atoms with Crippen molar-refractivity contribution in [1.82, 2.24) is 0 Å². The Bertz CT molecular complexity index is 362. The molecule has 150 valence electrons. The Morgan fingerprint density at radius 1 is 1.04 bits per heavy atom. The zero-order chi connectivity index (χ0) is 19.3. The first kappa shape index (κ1) is 28.9. The molecular formula is C16H32F3NiO3P. The van der Waals surface area contributed by atoms with Crippen LogP contribution in [-0.2, 0) is 26.0 Å². The molecule has 3 nitrogen and oxygen atoms in total. The second kappa shape index (κ2) is 10.3. The summed E-state index contributed by atoms with van der Waals surface area (Å²) in [6.07, 6.45) is -3.06. The molecule has 0 radical (unpaired) electrons. The predicted molar refractivity (Wildman–Crippen MR) is 91.1 cm³/mol. The van der Waals surface area contributed by atoms with E-state index in [1.165, 1.54) is 6.92 Å². The Balaban J connectivity index is -0.00000102. The number of aliphatic hydroxyl groups is 1. The van der Waals surface area contributed by atoms with Crippen LogP contribution in [0.1, 0.15) is 62.3 Å². The van der Waals surface area contributed by atoms with Crippen LogP contribution in [0.25, 0.3) is 0 Å². The molecule has 0 amide bonds. The molecule has 0 aromatic carbocycles. The summed E-state index contributed by atoms with van der Waals surface area (Å²) in [7, 11) is -2.63. The van der Waals surface area contributed by atoms with Gasteiger partial charge in [-0.05, 0) is 48.5 Å². The molecule has 0 aliphatic rings. The van der Waals surface area contributed by atoms with Crippen LogP contribution in [0.4, 0.5) is 13.2 Å². The van der Waals surface area contributed by atoms with Crippen LogP contribution in [0.15, 0.2) is 0 Å². The van der Waals surface area contributed by atoms with Gasteiger partial charge < -0.3 is 16.3 Å². The fourth-order valence-electron chi connectivity index (χ4n) is 2.81. The Kier molecular flexibility index (Phi) is 12.5. The van der Waals surface area contributed by atoms with Crippen LogP contribution in [-0.4, -0.2) is 39.5 Å². The van der Waals surface area contributed by atoms with Gasteiger partial charge in [0.15, 0.2) is 0 Å². The molecule has 0 aromatic rings. The van der Waals surface area contributed by atoms with Gasteiger partial charge in [-0.1, -0.05) is 0 Å². The van der Waals surface area contributed by atoms with Crippen molar-refractivity contribution in [2.24, 2.45) is 0 Å². The minimum Gasteiger partial charge on any atom is -0.461 e. The van der Waals surface area contributed by atoms with Gasteiger partial charge in [0.2, 0.25) is 0 Å². The van der Waals surface area contributed by atoms with Crippen molar-refractivity contribution in [2.75, 3.05) is 6.61 Å². The Labute approximate surface area is 155 Å². The molecule has 8 heteroatoms. The average Bonchev–Trinajstić information content (AvgIpc) is 2.24. The molecule has 0 saturated heterocycles. The standard InChI is InChI=1S/C13H24F3O3P.C3H7.Ni/c1-8-19-9(17)12(18,13(14,15)16)20(10(2,3)4)11(5,6)7;1-3-2;/h18H,8H2,1-7H3;3H,1-2H3;/q;-1;/p+1. The molecule has 0 aliphatic carbocycles. The second-order valence-corrected chi connectivity index (χ2v) is 11.9. The molecular weight excluding hydrogens is 387 g/mol. The summed E-state index contributed by atoms with van der Waals surface area (Å²) in [4.78, 5) is 11.9. The molecule has 0 aromatic heterocycles. The number of halogens is 3. The summed E-state index contributed by atoms with van der Waals surface area (Å²) < 4.78 is 44.9. The van der Waals surface area contributed by atoms with Gasteiger partial charge in [-0.2, -0.15) is 27.0 Å². The van der Waals surface area contributed by atoms with Crippen molar-refractivity contribution in [3.8, 4) is 0 Å². The monoisotopic (exact) mass is 418 g/mol. The number of carbonyl (C=O) groups is 1. The summed E-state index contributed by atoms with van der Waals surface area (Å²) in [5.41, 5.74) is 0. The third-order valence-corrected chi connectivity index (χ3v) is 7.05. The average molecular weight is 419 g/mol. The van der Waals surface area contributed by atoms with Crippen molar-refractivity contribution in [1.29, 1.82) is 0 Å². The van der Waals surface area contributed by atoms with Gasteiger partial charge in [0.25, 0.3) is 0 Å². The molecule has 1 unspecified atom stereocenters. The topological polar surface area (TPSA) is 46.5 Å². The van der Waals surface area contributed by atoms with Crippen LogP contribution in [0.5, 0.6) is 0 Å². The molecule has 1 atom stereocenters. The van der Waals surface area contributed by atoms with Crippen molar-refractivity contribution < 1.29 is 44.3 Å². The van der Waals surface area contributed by atoms with Gasteiger partial charge in [0.1, 0.15) is 0 Å². The van der Waals surface area contributed by atoms with E-state index in [4.69, 9.17) is 0 Å². The van der Waals surface area contributed by atoms with E-state index in [1.807, 2.05) is 20.3 Å². The van der Waals surface area contributed by atoms with Gasteiger partial charge in [-0.3, -0.25) is 0 Å². The SMILES string of the molecule is CCOC(=O)C(O)([PH+](C(C)(C)C)C(C)(C)C)C(F)(F)F.C[CH-]C.[Ni]. The number of carbonyl (C=O) groups excluding carboxylic acids is 1. The summed E-state index contributed by atoms with van der Waals surface area (Å²) in [6, 6.07) is 0. The van der Waals surface area contributed by atoms with Gasteiger partial charge in [0, 0.05) is 16.5 Å². The van der Waals surface area contributed by atoms with Crippen LogP contribution >= 0.6 is 7.92 Å². The van der Waals surface area contributed by atoms with Crippen LogP contribution in [0.3, 0.4) is 0 Å². The van der Waals surface area contributed by atoms with Gasteiger partial charge in [-0.25, -0.2) is 4.79 Å². The second-order valence-electron chi connectivity index (χ2n) is 7.38. The maximum atomic E-state index is 13.5. The van der Waals surface area contributed by atoms with Crippen LogP contribution in [0, 0.1) is 6.42 Å². The summed E-state index contributed by atoms with van der Waals surface area (Å²) in [6.45, 7) is 14.9. The minimum absolute atomic E-state index is 0. The Morgan fingerprint density at radius 2 is 1.33 bits per heavy atom. The number of hydrogen-bond donors (Lipinski definition) is 1. The van der Waals surface area contributed by atoms with E-state index >= 15 is 0 Å². The first-order chi connectivity index (χ1) is 10.0. The molecule has 24 heavy (non-hydrogen) atoms. The smallest absolute Gasteiger partial charge is 0.461 e. The number of esters is 1. The normalized spacial score (nSPS) is 14.9. The van der Waals surface area contributed by atoms with E-state index in [1.54, 1.807) is 41.5 Å². The fraction of sp³-hybridized carbons (Fsp3) is 0.875. The molecule has 0 heterocycles. The first-order valence-corrected chi connectivity index (χ1v) is 9.10. The third-order valence-electron chi connectivity index (χ3n) is 2.84. The van der Waals surface area contributed by atoms with Crippen LogP contribution < -0.4 is 0 Å². The number of hydrogen-bond acceptors (Lipinski definition) is 3. The number of ether oxygens (including phenoxy) is 1. The maximum Gasteiger partial charge on any atom is 0.466 e. The Hall–Kier alpha value is 0.144. The minimum atomic E-state index is -5.06. The molecule has 0 aliphatic heterocycles. The van der Waals surface area contributed by atoms with E-state index in [9.17, 15) is 23.1 Å². The van der Waals surface area contributed by atoms with Crippen molar-refractivity contribution >= 4 is 13.9 Å². The zero-order valence-electron chi connectivity index (χ0n) is 16.0. The molecule has 0 spiro atoms. The summed E-state index contributed by atoms with van der Waals surface area (Å²) in [5.74, 6) is -1.59. The largest absolute Gasteiger partial charge is 0.466 e.